The van der Waals surface area contributed by atoms with E-state index in [9.17, 15) is 19.0 Å². The minimum absolute atomic E-state index is 0.0275. The van der Waals surface area contributed by atoms with E-state index in [-0.39, 0.29) is 29.7 Å². The monoisotopic (exact) mass is 305 g/mol. The molecule has 2 atom stereocenters. The Kier molecular flexibility index (Phi) is 5.32. The Morgan fingerprint density at radius 2 is 2.10 bits per heavy atom. The van der Waals surface area contributed by atoms with E-state index < -0.39 is 17.7 Å². The Bertz CT molecular complexity index is 473. The summed E-state index contributed by atoms with van der Waals surface area (Å²) in [5.74, 6) is -1.33. The van der Waals surface area contributed by atoms with E-state index in [1.54, 1.807) is 0 Å². The lowest BCUT2D eigenvalue weighted by molar-refractivity contribution is 0.0175. The lowest BCUT2D eigenvalue weighted by atomic mass is 9.99. The highest BCUT2D eigenvalue weighted by molar-refractivity contribution is 6.30. The van der Waals surface area contributed by atoms with Gasteiger partial charge in [-0.1, -0.05) is 11.6 Å². The molecule has 2 N–H and O–H groups in total. The van der Waals surface area contributed by atoms with Crippen molar-refractivity contribution in [2.75, 3.05) is 19.7 Å². The summed E-state index contributed by atoms with van der Waals surface area (Å²) in [7, 11) is 0. The van der Waals surface area contributed by atoms with Gasteiger partial charge in [-0.15, -0.1) is 0 Å². The quantitative estimate of drug-likeness (QED) is 0.836. The molecule has 1 aliphatic heterocycles. The van der Waals surface area contributed by atoms with Gasteiger partial charge in [0, 0.05) is 24.7 Å². The van der Waals surface area contributed by atoms with Gasteiger partial charge in [0.25, 0.3) is 0 Å². The first-order valence-electron chi connectivity index (χ1n) is 6.68. The van der Waals surface area contributed by atoms with Crippen LogP contribution in [0.2, 0.25) is 5.02 Å². The van der Waals surface area contributed by atoms with E-state index in [0.717, 1.165) is 6.07 Å². The summed E-state index contributed by atoms with van der Waals surface area (Å²) >= 11 is 5.65. The van der Waals surface area contributed by atoms with Crippen LogP contribution in [-0.2, 0) is 6.42 Å². The summed E-state index contributed by atoms with van der Waals surface area (Å²) < 4.78 is 27.4. The molecule has 112 valence electrons. The van der Waals surface area contributed by atoms with Crippen LogP contribution in [0.15, 0.2) is 12.1 Å². The topological polar surface area (TPSA) is 43.7 Å². The molecule has 1 aromatic carbocycles. The molecule has 0 radical (unpaired) electrons. The molecular formula is C14H18ClF2NO2. The Hall–Kier alpha value is -0.750. The Morgan fingerprint density at radius 3 is 2.80 bits per heavy atom. The van der Waals surface area contributed by atoms with Crippen molar-refractivity contribution in [3.8, 4) is 0 Å². The first-order valence-corrected chi connectivity index (χ1v) is 7.06. The van der Waals surface area contributed by atoms with Crippen LogP contribution in [0, 0.1) is 11.6 Å². The molecular weight excluding hydrogens is 288 g/mol. The van der Waals surface area contributed by atoms with Gasteiger partial charge in [-0.3, -0.25) is 4.90 Å². The van der Waals surface area contributed by atoms with Crippen LogP contribution in [0.25, 0.3) is 0 Å². The van der Waals surface area contributed by atoms with E-state index in [1.807, 2.05) is 4.90 Å². The molecule has 3 nitrogen and oxygen atoms in total. The van der Waals surface area contributed by atoms with Crippen LogP contribution in [0.3, 0.4) is 0 Å². The van der Waals surface area contributed by atoms with Crippen molar-refractivity contribution in [2.24, 2.45) is 0 Å². The molecule has 0 amide bonds. The van der Waals surface area contributed by atoms with Gasteiger partial charge in [0.15, 0.2) is 0 Å². The van der Waals surface area contributed by atoms with Crippen LogP contribution in [-0.4, -0.2) is 47.0 Å². The molecule has 0 saturated carbocycles. The van der Waals surface area contributed by atoms with Crippen LogP contribution >= 0.6 is 11.6 Å². The fourth-order valence-corrected chi connectivity index (χ4v) is 2.79. The third-order valence-electron chi connectivity index (χ3n) is 3.81. The number of aliphatic hydroxyl groups is 2. The first kappa shape index (κ1) is 15.6. The largest absolute Gasteiger partial charge is 0.395 e. The number of likely N-dealkylation sites (tertiary alicyclic amines) is 1. The lowest BCUT2D eigenvalue weighted by Crippen LogP contribution is -2.47. The van der Waals surface area contributed by atoms with Gasteiger partial charge in [0.05, 0.1) is 17.7 Å². The number of benzene rings is 1. The number of rotatable bonds is 4. The molecule has 1 saturated heterocycles. The van der Waals surface area contributed by atoms with Crippen LogP contribution in [0.4, 0.5) is 8.78 Å². The molecule has 20 heavy (non-hydrogen) atoms. The third-order valence-corrected chi connectivity index (χ3v) is 4.10. The van der Waals surface area contributed by atoms with Crippen molar-refractivity contribution in [1.29, 1.82) is 0 Å². The molecule has 0 bridgehead atoms. The van der Waals surface area contributed by atoms with Crippen LogP contribution < -0.4 is 0 Å². The van der Waals surface area contributed by atoms with Gasteiger partial charge in [-0.25, -0.2) is 8.78 Å². The van der Waals surface area contributed by atoms with Gasteiger partial charge in [0.1, 0.15) is 11.6 Å². The number of halogens is 3. The lowest BCUT2D eigenvalue weighted by Gasteiger charge is -2.36. The van der Waals surface area contributed by atoms with Gasteiger partial charge in [-0.05, 0) is 31.4 Å². The van der Waals surface area contributed by atoms with Crippen molar-refractivity contribution in [3.63, 3.8) is 0 Å². The van der Waals surface area contributed by atoms with E-state index in [0.29, 0.717) is 25.9 Å². The van der Waals surface area contributed by atoms with Gasteiger partial charge in [-0.2, -0.15) is 0 Å². The van der Waals surface area contributed by atoms with E-state index in [2.05, 4.69) is 0 Å². The average Bonchev–Trinajstić information content (AvgIpc) is 2.44. The summed E-state index contributed by atoms with van der Waals surface area (Å²) in [5, 5.41) is 18.8. The minimum atomic E-state index is -0.718. The maximum absolute atomic E-state index is 13.8. The van der Waals surface area contributed by atoms with E-state index >= 15 is 0 Å². The highest BCUT2D eigenvalue weighted by Gasteiger charge is 2.27. The van der Waals surface area contributed by atoms with Crippen molar-refractivity contribution in [3.05, 3.63) is 34.4 Å². The zero-order valence-corrected chi connectivity index (χ0v) is 11.8. The molecule has 2 unspecified atom stereocenters. The molecule has 1 heterocycles. The fourth-order valence-electron chi connectivity index (χ4n) is 2.62. The first-order chi connectivity index (χ1) is 9.52. The smallest absolute Gasteiger partial charge is 0.147 e. The molecule has 1 aromatic rings. The minimum Gasteiger partial charge on any atom is -0.395 e. The predicted molar refractivity (Wildman–Crippen MR) is 72.8 cm³/mol. The highest BCUT2D eigenvalue weighted by Crippen LogP contribution is 2.23. The summed E-state index contributed by atoms with van der Waals surface area (Å²) in [4.78, 5) is 1.95. The fraction of sp³-hybridized carbons (Fsp3) is 0.571. The third kappa shape index (κ3) is 3.47. The van der Waals surface area contributed by atoms with E-state index in [1.165, 1.54) is 6.07 Å². The Labute approximate surface area is 121 Å². The molecule has 0 spiro atoms. The highest BCUT2D eigenvalue weighted by atomic mass is 35.5. The zero-order valence-electron chi connectivity index (χ0n) is 11.0. The SMILES string of the molecule is OCC1CC(O)CCN1CCc1c(F)ccc(Cl)c1F. The second kappa shape index (κ2) is 6.80. The maximum Gasteiger partial charge on any atom is 0.147 e. The molecule has 0 aliphatic carbocycles. The summed E-state index contributed by atoms with van der Waals surface area (Å²) in [5.41, 5.74) is -0.0275. The van der Waals surface area contributed by atoms with Gasteiger partial charge < -0.3 is 10.2 Å². The molecule has 1 aliphatic rings. The average molecular weight is 306 g/mol. The number of nitrogens with zero attached hydrogens (tertiary/aromatic N) is 1. The summed E-state index contributed by atoms with van der Waals surface area (Å²) in [6.45, 7) is 0.958. The summed E-state index contributed by atoms with van der Waals surface area (Å²) in [6.07, 6.45) is 0.863. The Morgan fingerprint density at radius 1 is 1.35 bits per heavy atom. The zero-order chi connectivity index (χ0) is 14.7. The molecule has 1 fully saturated rings. The second-order valence-corrected chi connectivity index (χ2v) is 5.53. The van der Waals surface area contributed by atoms with Gasteiger partial charge in [0.2, 0.25) is 0 Å². The molecule has 6 heteroatoms. The number of piperidine rings is 1. The maximum atomic E-state index is 13.8. The second-order valence-electron chi connectivity index (χ2n) is 5.12. The standard InChI is InChI=1S/C14H18ClF2NO2/c15-12-1-2-13(16)11(14(12)17)4-6-18-5-3-10(20)7-9(18)8-19/h1-2,9-10,19-20H,3-8H2. The number of hydrogen-bond acceptors (Lipinski definition) is 3. The molecule has 2 rings (SSSR count). The predicted octanol–water partition coefficient (Wildman–Crippen LogP) is 1.98. The van der Waals surface area contributed by atoms with Crippen molar-refractivity contribution < 1.29 is 19.0 Å². The van der Waals surface area contributed by atoms with Crippen LogP contribution in [0.1, 0.15) is 18.4 Å². The summed E-state index contributed by atoms with van der Waals surface area (Å²) in [6, 6.07) is 2.19. The van der Waals surface area contributed by atoms with Crippen molar-refractivity contribution >= 4 is 11.6 Å². The number of hydrogen-bond donors (Lipinski definition) is 2. The number of aliphatic hydroxyl groups excluding tert-OH is 2. The van der Waals surface area contributed by atoms with Gasteiger partial charge >= 0.3 is 0 Å². The van der Waals surface area contributed by atoms with E-state index in [4.69, 9.17) is 11.6 Å². The van der Waals surface area contributed by atoms with Crippen molar-refractivity contribution in [2.45, 2.75) is 31.4 Å². The van der Waals surface area contributed by atoms with Crippen molar-refractivity contribution in [1.82, 2.24) is 4.90 Å². The van der Waals surface area contributed by atoms with Crippen LogP contribution in [0.5, 0.6) is 0 Å². The molecule has 0 aromatic heterocycles. The normalized spacial score (nSPS) is 24.1. The Balaban J connectivity index is 2.03.